The zero-order valence-electron chi connectivity index (χ0n) is 38.6. The lowest BCUT2D eigenvalue weighted by molar-refractivity contribution is 1.06. The van der Waals surface area contributed by atoms with Gasteiger partial charge >= 0.3 is 0 Å². The van der Waals surface area contributed by atoms with E-state index in [0.717, 1.165) is 94.3 Å². The van der Waals surface area contributed by atoms with Crippen molar-refractivity contribution in [3.05, 3.63) is 248 Å². The van der Waals surface area contributed by atoms with Crippen LogP contribution in [-0.4, -0.2) is 24.1 Å². The van der Waals surface area contributed by atoms with Crippen LogP contribution in [0.15, 0.2) is 237 Å². The third-order valence-corrected chi connectivity index (χ3v) is 13.7. The van der Waals surface area contributed by atoms with Gasteiger partial charge in [0.25, 0.3) is 0 Å². The maximum Gasteiger partial charge on any atom is 0.166 e. The molecule has 7 heteroatoms. The number of hydrogen-bond acceptors (Lipinski definition) is 5. The van der Waals surface area contributed by atoms with Gasteiger partial charge in [-0.05, 0) is 94.0 Å². The summed E-state index contributed by atoms with van der Waals surface area (Å²) in [6.45, 7) is 0. The summed E-state index contributed by atoms with van der Waals surface area (Å²) in [5, 5.41) is 25.0. The molecule has 0 unspecified atom stereocenters. The van der Waals surface area contributed by atoms with Crippen LogP contribution < -0.4 is 0 Å². The van der Waals surface area contributed by atoms with Gasteiger partial charge in [-0.3, -0.25) is 0 Å². The number of aromatic nitrogens is 5. The Hall–Kier alpha value is -10.2. The van der Waals surface area contributed by atoms with Gasteiger partial charge in [0, 0.05) is 43.9 Å². The fraction of sp³-hybridized carbons (Fsp3) is 0. The Morgan fingerprint density at radius 2 is 0.708 bits per heavy atom. The fourth-order valence-corrected chi connectivity index (χ4v) is 10.3. The van der Waals surface area contributed by atoms with E-state index in [2.05, 4.69) is 149 Å². The molecule has 0 amide bonds. The minimum absolute atomic E-state index is 0.506. The second kappa shape index (κ2) is 17.4. The van der Waals surface area contributed by atoms with Crippen LogP contribution in [0.3, 0.4) is 0 Å². The van der Waals surface area contributed by atoms with Crippen LogP contribution in [0, 0.1) is 22.7 Å². The molecule has 0 aliphatic heterocycles. The van der Waals surface area contributed by atoms with Crippen LogP contribution in [0.5, 0.6) is 0 Å². The predicted octanol–water partition coefficient (Wildman–Crippen LogP) is 15.8. The first-order valence-corrected chi connectivity index (χ1v) is 23.8. The second-order valence-corrected chi connectivity index (χ2v) is 17.8. The highest BCUT2D eigenvalue weighted by molar-refractivity contribution is 6.13. The highest BCUT2D eigenvalue weighted by Gasteiger charge is 2.23. The predicted molar refractivity (Wildman–Crippen MR) is 291 cm³/mol. The standard InChI is InChI=1S/C65H39N7/c66-40-48-20-10-12-24-51(48)46-29-33-55-56-34-30-47(52-25-13-11-21-49(52)41-67)39-62(56)72(61(55)38-46)59-35-31-44(45-28-32-54-53-26-14-15-27-58(53)71(60(54)37-45)50-22-8-3-9-23-50)36-57(59)65-69-63(42-16-4-1-5-17-42)68-64(70-65)43-18-6-2-7-19-43/h1-39H. The van der Waals surface area contributed by atoms with Crippen molar-refractivity contribution in [3.8, 4) is 91.1 Å². The van der Waals surface area contributed by atoms with Gasteiger partial charge in [-0.25, -0.2) is 15.0 Å². The van der Waals surface area contributed by atoms with Crippen molar-refractivity contribution in [2.45, 2.75) is 0 Å². The molecule has 3 heterocycles. The van der Waals surface area contributed by atoms with Crippen LogP contribution in [0.4, 0.5) is 0 Å². The first-order chi connectivity index (χ1) is 35.6. The molecule has 3 aromatic heterocycles. The van der Waals surface area contributed by atoms with Gasteiger partial charge in [-0.1, -0.05) is 176 Å². The number of nitriles is 2. The molecule has 0 spiro atoms. The van der Waals surface area contributed by atoms with Crippen molar-refractivity contribution < 1.29 is 0 Å². The number of nitrogens with zero attached hydrogens (tertiary/aromatic N) is 7. The largest absolute Gasteiger partial charge is 0.309 e. The average Bonchev–Trinajstić information content (AvgIpc) is 3.97. The van der Waals surface area contributed by atoms with Gasteiger partial charge in [-0.2, -0.15) is 10.5 Å². The molecule has 0 bridgehead atoms. The molecule has 334 valence electrons. The minimum atomic E-state index is 0.506. The molecule has 0 saturated heterocycles. The third kappa shape index (κ3) is 7.08. The van der Waals surface area contributed by atoms with E-state index in [0.29, 0.717) is 28.6 Å². The molecular weight excluding hydrogens is 879 g/mol. The molecule has 0 fully saturated rings. The minimum Gasteiger partial charge on any atom is -0.309 e. The Morgan fingerprint density at radius 1 is 0.292 bits per heavy atom. The number of rotatable bonds is 8. The third-order valence-electron chi connectivity index (χ3n) is 13.7. The summed E-state index contributed by atoms with van der Waals surface area (Å²) in [5.41, 5.74) is 15.3. The smallest absolute Gasteiger partial charge is 0.166 e. The zero-order valence-corrected chi connectivity index (χ0v) is 38.6. The quantitative estimate of drug-likeness (QED) is 0.151. The Morgan fingerprint density at radius 3 is 1.28 bits per heavy atom. The highest BCUT2D eigenvalue weighted by atomic mass is 15.1. The maximum absolute atomic E-state index is 10.3. The van der Waals surface area contributed by atoms with E-state index in [1.54, 1.807) is 0 Å². The van der Waals surface area contributed by atoms with Crippen molar-refractivity contribution in [3.63, 3.8) is 0 Å². The summed E-state index contributed by atoms with van der Waals surface area (Å²) < 4.78 is 4.64. The molecule has 13 aromatic rings. The van der Waals surface area contributed by atoms with E-state index in [9.17, 15) is 10.5 Å². The first-order valence-electron chi connectivity index (χ1n) is 23.8. The van der Waals surface area contributed by atoms with E-state index < -0.39 is 0 Å². The van der Waals surface area contributed by atoms with Gasteiger partial charge in [0.15, 0.2) is 17.5 Å². The number of hydrogen-bond donors (Lipinski definition) is 0. The van der Waals surface area contributed by atoms with Crippen molar-refractivity contribution in [1.29, 1.82) is 10.5 Å². The Labute approximate surface area is 415 Å². The summed E-state index contributed by atoms with van der Waals surface area (Å²) in [7, 11) is 0. The first kappa shape index (κ1) is 41.9. The summed E-state index contributed by atoms with van der Waals surface area (Å²) in [6.07, 6.45) is 0. The SMILES string of the molecule is N#Cc1ccccc1-c1ccc2c3ccc(-c4ccccc4C#N)cc3n(-c3ccc(-c4ccc5c6ccccc6n(-c6ccccc6)c5c4)cc3-c3nc(-c4ccccc4)nc(-c4ccccc4)n3)c2c1. The lowest BCUT2D eigenvalue weighted by Gasteiger charge is -2.17. The summed E-state index contributed by atoms with van der Waals surface area (Å²) >= 11 is 0. The van der Waals surface area contributed by atoms with Crippen LogP contribution in [0.2, 0.25) is 0 Å². The topological polar surface area (TPSA) is 96.1 Å². The fourth-order valence-electron chi connectivity index (χ4n) is 10.3. The van der Waals surface area contributed by atoms with Gasteiger partial charge in [0.1, 0.15) is 0 Å². The van der Waals surface area contributed by atoms with Gasteiger partial charge in [0.05, 0.1) is 51.0 Å². The molecular formula is C65H39N7. The highest BCUT2D eigenvalue weighted by Crippen LogP contribution is 2.42. The lowest BCUT2D eigenvalue weighted by Crippen LogP contribution is -2.04. The van der Waals surface area contributed by atoms with Gasteiger partial charge in [0.2, 0.25) is 0 Å². The molecule has 0 saturated carbocycles. The number of para-hydroxylation sites is 2. The van der Waals surface area contributed by atoms with Crippen LogP contribution >= 0.6 is 0 Å². The Bertz CT molecular complexity index is 4180. The molecule has 10 aromatic carbocycles. The van der Waals surface area contributed by atoms with E-state index >= 15 is 0 Å². The van der Waals surface area contributed by atoms with Gasteiger partial charge in [-0.15, -0.1) is 0 Å². The average molecular weight is 918 g/mol. The van der Waals surface area contributed by atoms with Crippen molar-refractivity contribution in [1.82, 2.24) is 24.1 Å². The summed E-state index contributed by atoms with van der Waals surface area (Å²) in [5.74, 6) is 1.61. The van der Waals surface area contributed by atoms with E-state index in [1.165, 1.54) is 10.8 Å². The van der Waals surface area contributed by atoms with Crippen LogP contribution in [0.1, 0.15) is 11.1 Å². The molecule has 7 nitrogen and oxygen atoms in total. The zero-order chi connectivity index (χ0) is 48.1. The monoisotopic (exact) mass is 917 g/mol. The number of benzene rings is 10. The van der Waals surface area contributed by atoms with Crippen molar-refractivity contribution >= 4 is 43.6 Å². The molecule has 0 radical (unpaired) electrons. The second-order valence-electron chi connectivity index (χ2n) is 17.8. The Kier molecular flexibility index (Phi) is 10.1. The molecule has 72 heavy (non-hydrogen) atoms. The van der Waals surface area contributed by atoms with Crippen molar-refractivity contribution in [2.24, 2.45) is 0 Å². The Balaban J connectivity index is 1.13. The maximum atomic E-state index is 10.3. The molecule has 0 aliphatic rings. The van der Waals surface area contributed by atoms with Gasteiger partial charge < -0.3 is 9.13 Å². The van der Waals surface area contributed by atoms with Crippen molar-refractivity contribution in [2.75, 3.05) is 0 Å². The normalized spacial score (nSPS) is 11.3. The molecule has 0 N–H and O–H groups in total. The molecule has 0 aliphatic carbocycles. The molecule has 0 atom stereocenters. The molecule has 13 rings (SSSR count). The summed E-state index contributed by atoms with van der Waals surface area (Å²) in [6, 6.07) is 85.7. The lowest BCUT2D eigenvalue weighted by atomic mass is 9.98. The number of fused-ring (bicyclic) bond motifs is 6. The summed E-state index contributed by atoms with van der Waals surface area (Å²) in [4.78, 5) is 15.8. The van der Waals surface area contributed by atoms with Crippen LogP contribution in [-0.2, 0) is 0 Å². The van der Waals surface area contributed by atoms with E-state index in [4.69, 9.17) is 15.0 Å². The van der Waals surface area contributed by atoms with E-state index in [1.807, 2.05) is 109 Å². The van der Waals surface area contributed by atoms with E-state index in [-0.39, 0.29) is 0 Å². The van der Waals surface area contributed by atoms with Crippen LogP contribution in [0.25, 0.3) is 123 Å².